The standard InChI is InChI=1S/C29H24N3OS/c1-22-10-2-4-12-24(22)25-13-5-3-11-23(25)20-30-16-8-6-14-26(30)27-15-7-9-17-31(27)28-21-34-29-32(28)18-19-33-29/h2-19,21H,20H2,1H3/q+3. The van der Waals surface area contributed by atoms with Gasteiger partial charge in [0.15, 0.2) is 25.2 Å². The molecule has 6 rings (SSSR count). The number of pyridine rings is 2. The first-order chi connectivity index (χ1) is 16.8. The highest BCUT2D eigenvalue weighted by molar-refractivity contribution is 7.14. The fraction of sp³-hybridized carbons (Fsp3) is 0.0690. The van der Waals surface area contributed by atoms with Crippen molar-refractivity contribution in [2.45, 2.75) is 13.5 Å². The highest BCUT2D eigenvalue weighted by Crippen LogP contribution is 2.27. The third-order valence-corrected chi connectivity index (χ3v) is 7.01. The van der Waals surface area contributed by atoms with Gasteiger partial charge in [0.1, 0.15) is 5.38 Å². The van der Waals surface area contributed by atoms with Crippen molar-refractivity contribution in [3.8, 4) is 28.3 Å². The summed E-state index contributed by atoms with van der Waals surface area (Å²) in [6.45, 7) is 2.95. The lowest BCUT2D eigenvalue weighted by Crippen LogP contribution is -2.45. The zero-order chi connectivity index (χ0) is 22.9. The van der Waals surface area contributed by atoms with Gasteiger partial charge in [-0.15, -0.1) is 0 Å². The van der Waals surface area contributed by atoms with Gasteiger partial charge in [-0.05, 0) is 47.1 Å². The summed E-state index contributed by atoms with van der Waals surface area (Å²) in [7, 11) is 0. The summed E-state index contributed by atoms with van der Waals surface area (Å²) in [6.07, 6.45) is 7.96. The van der Waals surface area contributed by atoms with Gasteiger partial charge in [-0.2, -0.15) is 4.57 Å². The number of hydrogen-bond acceptors (Lipinski definition) is 2. The van der Waals surface area contributed by atoms with Crippen molar-refractivity contribution >= 4 is 16.4 Å². The number of aromatic nitrogens is 3. The lowest BCUT2D eigenvalue weighted by Gasteiger charge is -2.11. The van der Waals surface area contributed by atoms with Crippen LogP contribution in [0, 0.1) is 6.92 Å². The molecular formula is C29H24N3OS+3. The average Bonchev–Trinajstić information content (AvgIpc) is 3.50. The maximum absolute atomic E-state index is 5.60. The maximum atomic E-state index is 5.60. The Labute approximate surface area is 202 Å². The van der Waals surface area contributed by atoms with Crippen molar-refractivity contribution in [2.75, 3.05) is 0 Å². The van der Waals surface area contributed by atoms with E-state index in [0.29, 0.717) is 0 Å². The normalized spacial score (nSPS) is 11.2. The second-order valence-electron chi connectivity index (χ2n) is 8.27. The topological polar surface area (TPSA) is 25.0 Å². The number of benzene rings is 2. The first kappa shape index (κ1) is 20.5. The molecule has 0 aliphatic heterocycles. The highest BCUT2D eigenvalue weighted by atomic mass is 32.1. The smallest absolute Gasteiger partial charge is 0.398 e. The zero-order valence-corrected chi connectivity index (χ0v) is 19.7. The third kappa shape index (κ3) is 3.60. The number of nitrogens with zero attached hydrogens (tertiary/aromatic N) is 3. The van der Waals surface area contributed by atoms with Crippen LogP contribution in [0.5, 0.6) is 0 Å². The minimum absolute atomic E-state index is 0.771. The van der Waals surface area contributed by atoms with E-state index in [0.717, 1.165) is 28.8 Å². The Kier molecular flexibility index (Phi) is 5.24. The quantitative estimate of drug-likeness (QED) is 0.318. The molecule has 0 fully saturated rings. The predicted molar refractivity (Wildman–Crippen MR) is 133 cm³/mol. The molecule has 0 N–H and O–H groups in total. The molecule has 164 valence electrons. The molecule has 0 unspecified atom stereocenters. The van der Waals surface area contributed by atoms with E-state index < -0.39 is 0 Å². The van der Waals surface area contributed by atoms with E-state index in [-0.39, 0.29) is 0 Å². The van der Waals surface area contributed by atoms with Crippen molar-refractivity contribution in [2.24, 2.45) is 0 Å². The summed E-state index contributed by atoms with van der Waals surface area (Å²) in [5.74, 6) is 1.06. The summed E-state index contributed by atoms with van der Waals surface area (Å²) >= 11 is 1.60. The van der Waals surface area contributed by atoms with E-state index in [1.165, 1.54) is 22.3 Å². The summed E-state index contributed by atoms with van der Waals surface area (Å²) < 4.78 is 12.2. The minimum Gasteiger partial charge on any atom is -0.398 e. The van der Waals surface area contributed by atoms with Gasteiger partial charge < -0.3 is 4.42 Å². The van der Waals surface area contributed by atoms with Crippen molar-refractivity contribution in [1.29, 1.82) is 0 Å². The van der Waals surface area contributed by atoms with Gasteiger partial charge in [0.25, 0.3) is 11.4 Å². The Morgan fingerprint density at radius 2 is 1.47 bits per heavy atom. The molecule has 4 heterocycles. The first-order valence-corrected chi connectivity index (χ1v) is 12.2. The van der Waals surface area contributed by atoms with Crippen LogP contribution in [0.3, 0.4) is 0 Å². The van der Waals surface area contributed by atoms with Gasteiger partial charge in [-0.1, -0.05) is 57.5 Å². The van der Waals surface area contributed by atoms with E-state index in [4.69, 9.17) is 4.42 Å². The van der Waals surface area contributed by atoms with E-state index in [1.807, 2.05) is 6.20 Å². The lowest BCUT2D eigenvalue weighted by molar-refractivity contribution is -0.714. The lowest BCUT2D eigenvalue weighted by atomic mass is 9.96. The van der Waals surface area contributed by atoms with Crippen LogP contribution in [0.2, 0.25) is 0 Å². The number of aryl methyl sites for hydroxylation is 1. The molecule has 0 saturated carbocycles. The maximum Gasteiger partial charge on any atom is 0.469 e. The summed E-state index contributed by atoms with van der Waals surface area (Å²) in [6, 6.07) is 30.0. The van der Waals surface area contributed by atoms with E-state index in [9.17, 15) is 0 Å². The Hall–Kier alpha value is -4.09. The summed E-state index contributed by atoms with van der Waals surface area (Å²) in [5.41, 5.74) is 7.39. The second kappa shape index (κ2) is 8.69. The van der Waals surface area contributed by atoms with Crippen molar-refractivity contribution in [1.82, 2.24) is 0 Å². The predicted octanol–water partition coefficient (Wildman–Crippen LogP) is 5.33. The molecule has 34 heavy (non-hydrogen) atoms. The molecule has 0 aliphatic carbocycles. The average molecular weight is 463 g/mol. The highest BCUT2D eigenvalue weighted by Gasteiger charge is 2.31. The molecule has 6 aromatic rings. The number of fused-ring (bicyclic) bond motifs is 1. The van der Waals surface area contributed by atoms with Gasteiger partial charge in [-0.3, -0.25) is 0 Å². The molecule has 4 nitrogen and oxygen atoms in total. The van der Waals surface area contributed by atoms with Gasteiger partial charge in [0, 0.05) is 29.8 Å². The molecular weight excluding hydrogens is 438 g/mol. The van der Waals surface area contributed by atoms with Crippen LogP contribution >= 0.6 is 11.3 Å². The van der Waals surface area contributed by atoms with E-state index >= 15 is 0 Å². The van der Waals surface area contributed by atoms with E-state index in [1.54, 1.807) is 17.6 Å². The molecule has 0 bridgehead atoms. The molecule has 0 amide bonds. The molecule has 0 atom stereocenters. The van der Waals surface area contributed by atoms with Crippen LogP contribution in [0.1, 0.15) is 11.1 Å². The number of thiazole rings is 1. The van der Waals surface area contributed by atoms with E-state index in [2.05, 4.69) is 123 Å². The Balaban J connectivity index is 1.47. The van der Waals surface area contributed by atoms with Gasteiger partial charge >= 0.3 is 10.8 Å². The van der Waals surface area contributed by atoms with Crippen molar-refractivity contribution in [3.05, 3.63) is 126 Å². The minimum atomic E-state index is 0.771. The van der Waals surface area contributed by atoms with Gasteiger partial charge in [-0.25, -0.2) is 0 Å². The van der Waals surface area contributed by atoms with Crippen LogP contribution in [0.4, 0.5) is 0 Å². The number of oxazole rings is 1. The number of hydrogen-bond donors (Lipinski definition) is 0. The van der Waals surface area contributed by atoms with Gasteiger partial charge in [0.05, 0.1) is 0 Å². The molecule has 2 aromatic carbocycles. The largest absolute Gasteiger partial charge is 0.469 e. The fourth-order valence-electron chi connectivity index (χ4n) is 4.53. The van der Waals surface area contributed by atoms with Crippen molar-refractivity contribution in [3.63, 3.8) is 0 Å². The number of rotatable bonds is 5. The molecule has 0 radical (unpaired) electrons. The van der Waals surface area contributed by atoms with Crippen LogP contribution in [-0.4, -0.2) is 0 Å². The summed E-state index contributed by atoms with van der Waals surface area (Å²) in [4.78, 5) is 0. The Bertz CT molecular complexity index is 1610. The second-order valence-corrected chi connectivity index (χ2v) is 9.10. The van der Waals surface area contributed by atoms with Crippen LogP contribution in [0.15, 0.2) is 120 Å². The van der Waals surface area contributed by atoms with Crippen molar-refractivity contribution < 1.29 is 18.0 Å². The summed E-state index contributed by atoms with van der Waals surface area (Å²) in [5, 5.41) is 2.99. The Morgan fingerprint density at radius 3 is 2.35 bits per heavy atom. The zero-order valence-electron chi connectivity index (χ0n) is 18.8. The molecule has 0 saturated heterocycles. The monoisotopic (exact) mass is 462 g/mol. The molecule has 0 spiro atoms. The van der Waals surface area contributed by atoms with Crippen LogP contribution in [-0.2, 0) is 6.54 Å². The molecule has 0 aliphatic rings. The Morgan fingerprint density at radius 1 is 0.735 bits per heavy atom. The van der Waals surface area contributed by atoms with Crippen LogP contribution < -0.4 is 13.5 Å². The first-order valence-electron chi connectivity index (χ1n) is 11.3. The fourth-order valence-corrected chi connectivity index (χ4v) is 5.34. The SMILES string of the molecule is Cc1ccccc1-c1ccccc1C[n+]1ccccc1-c1cccc[n+]1-c1csc2occ[n+]12. The van der Waals surface area contributed by atoms with Gasteiger partial charge in [0.2, 0.25) is 6.20 Å². The third-order valence-electron chi connectivity index (χ3n) is 6.19. The molecule has 4 aromatic heterocycles. The molecule has 5 heteroatoms. The van der Waals surface area contributed by atoms with Crippen LogP contribution in [0.25, 0.3) is 33.4 Å².